The molecule has 1 saturated carbocycles. The Kier molecular flexibility index (Phi) is 2.83. The molecule has 1 aliphatic rings. The number of anilines is 1. The van der Waals surface area contributed by atoms with E-state index >= 15 is 0 Å². The lowest BCUT2D eigenvalue weighted by molar-refractivity contribution is -0.0202. The van der Waals surface area contributed by atoms with Crippen LogP contribution in [0.2, 0.25) is 0 Å². The topological polar surface area (TPSA) is 69.6 Å². The van der Waals surface area contributed by atoms with Gasteiger partial charge in [0.1, 0.15) is 0 Å². The largest absolute Gasteiger partial charge is 0.478 e. The summed E-state index contributed by atoms with van der Waals surface area (Å²) in [6.45, 7) is 0.414. The molecule has 4 nitrogen and oxygen atoms in total. The summed E-state index contributed by atoms with van der Waals surface area (Å²) < 4.78 is 0. The molecule has 0 saturated heterocycles. The van der Waals surface area contributed by atoms with Crippen LogP contribution in [0, 0.1) is 0 Å². The molecule has 0 heterocycles. The lowest BCUT2D eigenvalue weighted by atomic mass is 9.80. The zero-order chi connectivity index (χ0) is 11.6. The number of nitrogens with one attached hydrogen (secondary N) is 1. The Labute approximate surface area is 93.9 Å². The molecule has 0 bridgehead atoms. The van der Waals surface area contributed by atoms with Crippen molar-refractivity contribution in [2.24, 2.45) is 0 Å². The molecule has 0 amide bonds. The first-order valence-corrected chi connectivity index (χ1v) is 5.39. The van der Waals surface area contributed by atoms with Crippen LogP contribution in [0.3, 0.4) is 0 Å². The van der Waals surface area contributed by atoms with Crippen molar-refractivity contribution in [1.29, 1.82) is 0 Å². The molecular weight excluding hydrogens is 206 g/mol. The summed E-state index contributed by atoms with van der Waals surface area (Å²) in [5.41, 5.74) is 0.159. The van der Waals surface area contributed by atoms with Crippen LogP contribution in [-0.2, 0) is 0 Å². The number of benzene rings is 1. The second kappa shape index (κ2) is 4.14. The summed E-state index contributed by atoms with van der Waals surface area (Å²) in [5.74, 6) is -0.955. The minimum Gasteiger partial charge on any atom is -0.478 e. The van der Waals surface area contributed by atoms with Gasteiger partial charge in [-0.1, -0.05) is 12.1 Å². The van der Waals surface area contributed by atoms with Crippen molar-refractivity contribution in [1.82, 2.24) is 0 Å². The number of para-hydroxylation sites is 1. The molecule has 3 N–H and O–H groups in total. The van der Waals surface area contributed by atoms with Gasteiger partial charge in [0.2, 0.25) is 0 Å². The van der Waals surface area contributed by atoms with Gasteiger partial charge in [0.25, 0.3) is 0 Å². The van der Waals surface area contributed by atoms with E-state index in [0.29, 0.717) is 12.2 Å². The highest BCUT2D eigenvalue weighted by Crippen LogP contribution is 2.31. The summed E-state index contributed by atoms with van der Waals surface area (Å²) in [6, 6.07) is 6.73. The lowest BCUT2D eigenvalue weighted by Crippen LogP contribution is -2.43. The molecule has 0 radical (unpaired) electrons. The first kappa shape index (κ1) is 11.0. The molecule has 1 aromatic rings. The van der Waals surface area contributed by atoms with Crippen molar-refractivity contribution in [3.8, 4) is 0 Å². The monoisotopic (exact) mass is 221 g/mol. The summed E-state index contributed by atoms with van der Waals surface area (Å²) in [7, 11) is 0. The van der Waals surface area contributed by atoms with Gasteiger partial charge < -0.3 is 15.5 Å². The molecule has 1 fully saturated rings. The average molecular weight is 221 g/mol. The highest BCUT2D eigenvalue weighted by Gasteiger charge is 2.34. The van der Waals surface area contributed by atoms with E-state index in [-0.39, 0.29) is 5.56 Å². The third-order valence-corrected chi connectivity index (χ3v) is 3.05. The molecule has 0 spiro atoms. The van der Waals surface area contributed by atoms with E-state index in [4.69, 9.17) is 5.11 Å². The van der Waals surface area contributed by atoms with Crippen molar-refractivity contribution in [2.75, 3.05) is 11.9 Å². The van der Waals surface area contributed by atoms with Gasteiger partial charge in [-0.05, 0) is 31.4 Å². The Morgan fingerprint density at radius 1 is 1.38 bits per heavy atom. The second-order valence-corrected chi connectivity index (χ2v) is 4.28. The van der Waals surface area contributed by atoms with Crippen LogP contribution < -0.4 is 5.32 Å². The molecule has 16 heavy (non-hydrogen) atoms. The highest BCUT2D eigenvalue weighted by molar-refractivity contribution is 5.94. The van der Waals surface area contributed by atoms with Gasteiger partial charge in [-0.2, -0.15) is 0 Å². The molecule has 1 aromatic carbocycles. The fraction of sp³-hybridized carbons (Fsp3) is 0.417. The van der Waals surface area contributed by atoms with E-state index < -0.39 is 11.6 Å². The third-order valence-electron chi connectivity index (χ3n) is 3.05. The fourth-order valence-corrected chi connectivity index (χ4v) is 1.85. The van der Waals surface area contributed by atoms with E-state index in [0.717, 1.165) is 19.3 Å². The predicted octanol–water partition coefficient (Wildman–Crippen LogP) is 1.71. The second-order valence-electron chi connectivity index (χ2n) is 4.28. The number of aromatic carboxylic acids is 1. The Morgan fingerprint density at radius 2 is 2.06 bits per heavy atom. The van der Waals surface area contributed by atoms with E-state index in [1.807, 2.05) is 0 Å². The molecule has 4 heteroatoms. The fourth-order valence-electron chi connectivity index (χ4n) is 1.85. The summed E-state index contributed by atoms with van der Waals surface area (Å²) in [5, 5.41) is 21.9. The number of rotatable bonds is 4. The standard InChI is InChI=1S/C12H15NO3/c14-11(15)9-4-1-2-5-10(9)13-8-12(16)6-3-7-12/h1-2,4-5,13,16H,3,6-8H2,(H,14,15). The Hall–Kier alpha value is -1.55. The van der Waals surface area contributed by atoms with E-state index in [1.165, 1.54) is 0 Å². The zero-order valence-electron chi connectivity index (χ0n) is 8.94. The van der Waals surface area contributed by atoms with Gasteiger partial charge in [0, 0.05) is 12.2 Å². The van der Waals surface area contributed by atoms with Gasteiger partial charge in [-0.3, -0.25) is 0 Å². The number of aliphatic hydroxyl groups is 1. The molecule has 1 aliphatic carbocycles. The van der Waals surface area contributed by atoms with E-state index in [9.17, 15) is 9.90 Å². The minimum atomic E-state index is -0.955. The number of carboxylic acids is 1. The molecule has 0 aromatic heterocycles. The summed E-state index contributed by atoms with van der Waals surface area (Å²) in [6.07, 6.45) is 2.61. The number of hydrogen-bond acceptors (Lipinski definition) is 3. The Morgan fingerprint density at radius 3 is 2.62 bits per heavy atom. The maximum atomic E-state index is 10.9. The molecule has 0 unspecified atom stereocenters. The van der Waals surface area contributed by atoms with Gasteiger partial charge >= 0.3 is 5.97 Å². The number of carboxylic acid groups (broad SMARTS) is 1. The van der Waals surface area contributed by atoms with Gasteiger partial charge in [-0.15, -0.1) is 0 Å². The molecular formula is C12H15NO3. The number of carbonyl (C=O) groups is 1. The van der Waals surface area contributed by atoms with E-state index in [1.54, 1.807) is 24.3 Å². The van der Waals surface area contributed by atoms with Crippen LogP contribution in [0.1, 0.15) is 29.6 Å². The minimum absolute atomic E-state index is 0.241. The first-order valence-electron chi connectivity index (χ1n) is 5.39. The molecule has 0 atom stereocenters. The van der Waals surface area contributed by atoms with Gasteiger partial charge in [0.15, 0.2) is 0 Å². The zero-order valence-corrected chi connectivity index (χ0v) is 8.94. The lowest BCUT2D eigenvalue weighted by Gasteiger charge is -2.37. The third kappa shape index (κ3) is 2.17. The summed E-state index contributed by atoms with van der Waals surface area (Å²) in [4.78, 5) is 10.9. The van der Waals surface area contributed by atoms with Crippen molar-refractivity contribution in [3.05, 3.63) is 29.8 Å². The van der Waals surface area contributed by atoms with Crippen molar-refractivity contribution in [3.63, 3.8) is 0 Å². The van der Waals surface area contributed by atoms with Crippen LogP contribution in [0.5, 0.6) is 0 Å². The first-order chi connectivity index (χ1) is 7.61. The highest BCUT2D eigenvalue weighted by atomic mass is 16.4. The van der Waals surface area contributed by atoms with Gasteiger partial charge in [0.05, 0.1) is 11.2 Å². The SMILES string of the molecule is O=C(O)c1ccccc1NCC1(O)CCC1. The van der Waals surface area contributed by atoms with Crippen LogP contribution in [0.25, 0.3) is 0 Å². The predicted molar refractivity (Wildman–Crippen MR) is 60.7 cm³/mol. The van der Waals surface area contributed by atoms with E-state index in [2.05, 4.69) is 5.32 Å². The summed E-state index contributed by atoms with van der Waals surface area (Å²) >= 11 is 0. The molecule has 2 rings (SSSR count). The van der Waals surface area contributed by atoms with Crippen LogP contribution >= 0.6 is 0 Å². The molecule has 86 valence electrons. The maximum Gasteiger partial charge on any atom is 0.337 e. The van der Waals surface area contributed by atoms with Crippen molar-refractivity contribution >= 4 is 11.7 Å². The quantitative estimate of drug-likeness (QED) is 0.724. The average Bonchev–Trinajstić information content (AvgIpc) is 2.24. The van der Waals surface area contributed by atoms with Crippen LogP contribution in [0.4, 0.5) is 5.69 Å². The van der Waals surface area contributed by atoms with Crippen LogP contribution in [0.15, 0.2) is 24.3 Å². The van der Waals surface area contributed by atoms with Crippen molar-refractivity contribution < 1.29 is 15.0 Å². The van der Waals surface area contributed by atoms with Crippen LogP contribution in [-0.4, -0.2) is 28.3 Å². The number of hydrogen-bond donors (Lipinski definition) is 3. The normalized spacial score (nSPS) is 17.6. The smallest absolute Gasteiger partial charge is 0.337 e. The van der Waals surface area contributed by atoms with Gasteiger partial charge in [-0.25, -0.2) is 4.79 Å². The Bertz CT molecular complexity index is 399. The maximum absolute atomic E-state index is 10.9. The van der Waals surface area contributed by atoms with Crippen molar-refractivity contribution in [2.45, 2.75) is 24.9 Å². The Balaban J connectivity index is 2.06. The molecule has 0 aliphatic heterocycles.